The lowest BCUT2D eigenvalue weighted by Crippen LogP contribution is -2.00. The lowest BCUT2D eigenvalue weighted by Gasteiger charge is -2.11. The zero-order chi connectivity index (χ0) is 14.1. The molecule has 0 radical (unpaired) electrons. The number of rotatable bonds is 3. The Morgan fingerprint density at radius 2 is 1.95 bits per heavy atom. The summed E-state index contributed by atoms with van der Waals surface area (Å²) in [7, 11) is 1.48. The second kappa shape index (κ2) is 5.23. The topological polar surface area (TPSA) is 29.5 Å². The third-order valence-electron chi connectivity index (χ3n) is 3.22. The van der Waals surface area contributed by atoms with Crippen LogP contribution in [-0.2, 0) is 0 Å². The van der Waals surface area contributed by atoms with E-state index in [1.807, 2.05) is 30.3 Å². The number of hydrogen-bond donors (Lipinski definition) is 1. The Kier molecular flexibility index (Phi) is 3.42. The summed E-state index contributed by atoms with van der Waals surface area (Å²) in [5.74, 6) is -0.0240. The van der Waals surface area contributed by atoms with Crippen molar-refractivity contribution in [3.05, 3.63) is 64.8 Å². The molecule has 0 saturated carbocycles. The average Bonchev–Trinajstić information content (AvgIpc) is 2.90. The summed E-state index contributed by atoms with van der Waals surface area (Å²) in [6, 6.07) is 14.2. The molecule has 0 aliphatic rings. The van der Waals surface area contributed by atoms with Crippen LogP contribution in [0.2, 0.25) is 0 Å². The van der Waals surface area contributed by atoms with Crippen molar-refractivity contribution in [3.8, 4) is 5.75 Å². The van der Waals surface area contributed by atoms with Gasteiger partial charge in [-0.3, -0.25) is 0 Å². The molecule has 2 aromatic carbocycles. The predicted molar refractivity (Wildman–Crippen MR) is 78.8 cm³/mol. The van der Waals surface area contributed by atoms with E-state index in [2.05, 4.69) is 0 Å². The summed E-state index contributed by atoms with van der Waals surface area (Å²) in [5.41, 5.74) is 0.261. The van der Waals surface area contributed by atoms with E-state index in [1.54, 1.807) is 12.1 Å². The van der Waals surface area contributed by atoms with Crippen LogP contribution in [0.25, 0.3) is 10.1 Å². The SMILES string of the molecule is COc1ccc(C(O)c2cc3ccccc3s2)c(F)c1. The molecular formula is C16H13FO2S. The van der Waals surface area contributed by atoms with Crippen molar-refractivity contribution in [1.29, 1.82) is 0 Å². The molecule has 1 N–H and O–H groups in total. The second-order valence-corrected chi connectivity index (χ2v) is 5.59. The highest BCUT2D eigenvalue weighted by atomic mass is 32.1. The molecule has 1 unspecified atom stereocenters. The molecule has 1 aromatic heterocycles. The number of thiophene rings is 1. The summed E-state index contributed by atoms with van der Waals surface area (Å²) in [4.78, 5) is 0.732. The van der Waals surface area contributed by atoms with Crippen LogP contribution in [0.15, 0.2) is 48.5 Å². The predicted octanol–water partition coefficient (Wildman–Crippen LogP) is 4.13. The number of ether oxygens (including phenoxy) is 1. The van der Waals surface area contributed by atoms with Gasteiger partial charge in [-0.25, -0.2) is 4.39 Å². The highest BCUT2D eigenvalue weighted by Gasteiger charge is 2.18. The standard InChI is InChI=1S/C16H13FO2S/c1-19-11-6-7-12(13(17)9-11)16(18)15-8-10-4-2-3-5-14(10)20-15/h2-9,16,18H,1H3. The lowest BCUT2D eigenvalue weighted by molar-refractivity contribution is 0.218. The fraction of sp³-hybridized carbons (Fsp3) is 0.125. The Hall–Kier alpha value is -1.91. The van der Waals surface area contributed by atoms with E-state index >= 15 is 0 Å². The Labute approximate surface area is 120 Å². The van der Waals surface area contributed by atoms with Gasteiger partial charge in [0.2, 0.25) is 0 Å². The smallest absolute Gasteiger partial charge is 0.133 e. The molecule has 3 aromatic rings. The fourth-order valence-electron chi connectivity index (χ4n) is 2.15. The van der Waals surface area contributed by atoms with E-state index in [1.165, 1.54) is 24.5 Å². The van der Waals surface area contributed by atoms with E-state index in [0.29, 0.717) is 5.75 Å². The maximum Gasteiger partial charge on any atom is 0.133 e. The van der Waals surface area contributed by atoms with Crippen molar-refractivity contribution in [3.63, 3.8) is 0 Å². The van der Waals surface area contributed by atoms with Gasteiger partial charge in [-0.15, -0.1) is 11.3 Å². The van der Waals surface area contributed by atoms with E-state index < -0.39 is 11.9 Å². The van der Waals surface area contributed by atoms with E-state index in [0.717, 1.165) is 15.0 Å². The van der Waals surface area contributed by atoms with Gasteiger partial charge >= 0.3 is 0 Å². The molecule has 1 atom stereocenters. The molecule has 0 saturated heterocycles. The average molecular weight is 288 g/mol. The van der Waals surface area contributed by atoms with Crippen LogP contribution >= 0.6 is 11.3 Å². The summed E-state index contributed by atoms with van der Waals surface area (Å²) in [6.07, 6.45) is -0.960. The summed E-state index contributed by atoms with van der Waals surface area (Å²) >= 11 is 1.47. The minimum atomic E-state index is -0.960. The van der Waals surface area contributed by atoms with Crippen LogP contribution < -0.4 is 4.74 Å². The first-order chi connectivity index (χ1) is 9.69. The van der Waals surface area contributed by atoms with Crippen molar-refractivity contribution in [2.24, 2.45) is 0 Å². The third-order valence-corrected chi connectivity index (χ3v) is 4.38. The zero-order valence-electron chi connectivity index (χ0n) is 10.8. The van der Waals surface area contributed by atoms with Gasteiger partial charge in [0, 0.05) is 21.2 Å². The van der Waals surface area contributed by atoms with Crippen LogP contribution in [0, 0.1) is 5.82 Å². The van der Waals surface area contributed by atoms with Gasteiger partial charge in [0.1, 0.15) is 17.7 Å². The van der Waals surface area contributed by atoms with Crippen molar-refractivity contribution in [2.75, 3.05) is 7.11 Å². The molecule has 0 aliphatic carbocycles. The highest BCUT2D eigenvalue weighted by Crippen LogP contribution is 2.34. The minimum Gasteiger partial charge on any atom is -0.497 e. The molecular weight excluding hydrogens is 275 g/mol. The van der Waals surface area contributed by atoms with Gasteiger partial charge in [0.05, 0.1) is 7.11 Å². The van der Waals surface area contributed by atoms with Gasteiger partial charge < -0.3 is 9.84 Å². The van der Waals surface area contributed by atoms with Crippen LogP contribution in [0.4, 0.5) is 4.39 Å². The van der Waals surface area contributed by atoms with Crippen molar-refractivity contribution >= 4 is 21.4 Å². The Morgan fingerprint density at radius 1 is 1.15 bits per heavy atom. The maximum absolute atomic E-state index is 14.0. The number of aliphatic hydroxyl groups is 1. The summed E-state index contributed by atoms with van der Waals surface area (Å²) < 4.78 is 20.0. The Morgan fingerprint density at radius 3 is 2.65 bits per heavy atom. The molecule has 0 bridgehead atoms. The molecule has 3 rings (SSSR count). The van der Waals surface area contributed by atoms with Gasteiger partial charge in [0.25, 0.3) is 0 Å². The number of halogens is 1. The quantitative estimate of drug-likeness (QED) is 0.785. The fourth-order valence-corrected chi connectivity index (χ4v) is 3.22. The molecule has 4 heteroatoms. The first-order valence-corrected chi connectivity index (χ1v) is 7.00. The first kappa shape index (κ1) is 13.1. The molecule has 0 aliphatic heterocycles. The van der Waals surface area contributed by atoms with E-state index in [4.69, 9.17) is 4.74 Å². The van der Waals surface area contributed by atoms with E-state index in [9.17, 15) is 9.50 Å². The monoisotopic (exact) mass is 288 g/mol. The zero-order valence-corrected chi connectivity index (χ0v) is 11.7. The molecule has 0 spiro atoms. The van der Waals surface area contributed by atoms with Crippen molar-refractivity contribution < 1.29 is 14.2 Å². The van der Waals surface area contributed by atoms with Gasteiger partial charge in [-0.2, -0.15) is 0 Å². The molecule has 1 heterocycles. The molecule has 2 nitrogen and oxygen atoms in total. The molecule has 20 heavy (non-hydrogen) atoms. The van der Waals surface area contributed by atoms with Gasteiger partial charge in [-0.05, 0) is 29.7 Å². The normalized spacial score (nSPS) is 12.6. The van der Waals surface area contributed by atoms with Crippen molar-refractivity contribution in [1.82, 2.24) is 0 Å². The second-order valence-electron chi connectivity index (χ2n) is 4.48. The first-order valence-electron chi connectivity index (χ1n) is 6.19. The molecule has 0 amide bonds. The summed E-state index contributed by atoms with van der Waals surface area (Å²) in [6.45, 7) is 0. The van der Waals surface area contributed by atoms with Crippen molar-refractivity contribution in [2.45, 2.75) is 6.10 Å². The van der Waals surface area contributed by atoms with Gasteiger partial charge in [-0.1, -0.05) is 18.2 Å². The highest BCUT2D eigenvalue weighted by molar-refractivity contribution is 7.19. The largest absolute Gasteiger partial charge is 0.497 e. The number of fused-ring (bicyclic) bond motifs is 1. The molecule has 0 fully saturated rings. The number of benzene rings is 2. The maximum atomic E-state index is 14.0. The van der Waals surface area contributed by atoms with Crippen LogP contribution in [0.3, 0.4) is 0 Å². The van der Waals surface area contributed by atoms with Gasteiger partial charge in [0.15, 0.2) is 0 Å². The van der Waals surface area contributed by atoms with Crippen LogP contribution in [0.5, 0.6) is 5.75 Å². The number of hydrogen-bond acceptors (Lipinski definition) is 3. The number of aliphatic hydroxyl groups excluding tert-OH is 1. The Bertz CT molecular complexity index is 718. The number of methoxy groups -OCH3 is 1. The third kappa shape index (κ3) is 2.28. The minimum absolute atomic E-state index is 0.261. The van der Waals surface area contributed by atoms with Crippen LogP contribution in [-0.4, -0.2) is 12.2 Å². The van der Waals surface area contributed by atoms with E-state index in [-0.39, 0.29) is 5.56 Å². The lowest BCUT2D eigenvalue weighted by atomic mass is 10.1. The summed E-state index contributed by atoms with van der Waals surface area (Å²) in [5, 5.41) is 11.4. The Balaban J connectivity index is 2.01. The molecule has 102 valence electrons. The van der Waals surface area contributed by atoms with Crippen LogP contribution in [0.1, 0.15) is 16.5 Å².